The Balaban J connectivity index is 2.64. The number of carbonyl (C=O) groups excluding carboxylic acids is 1. The van der Waals surface area contributed by atoms with Crippen LogP contribution in [0, 0.1) is 5.82 Å². The van der Waals surface area contributed by atoms with Crippen LogP contribution in [0.3, 0.4) is 0 Å². The fourth-order valence-electron chi connectivity index (χ4n) is 0.654. The maximum atomic E-state index is 12.5. The molecule has 3 nitrogen and oxygen atoms in total. The van der Waals surface area contributed by atoms with E-state index in [0.717, 1.165) is 6.07 Å². The van der Waals surface area contributed by atoms with Crippen LogP contribution in [0.4, 0.5) is 4.39 Å². The molecule has 0 saturated carbocycles. The van der Waals surface area contributed by atoms with Crippen molar-refractivity contribution in [3.05, 3.63) is 23.9 Å². The Bertz CT molecular complexity index is 254. The number of esters is 1. The van der Waals surface area contributed by atoms with Gasteiger partial charge < -0.3 is 9.15 Å². The summed E-state index contributed by atoms with van der Waals surface area (Å²) in [4.78, 5) is 10.6. The third-order valence-corrected chi connectivity index (χ3v) is 1.22. The highest BCUT2D eigenvalue weighted by molar-refractivity contribution is 5.71. The molecule has 0 amide bonds. The molecule has 1 aromatic rings. The van der Waals surface area contributed by atoms with Gasteiger partial charge in [0.2, 0.25) is 0 Å². The molecule has 4 heteroatoms. The molecule has 1 heterocycles. The van der Waals surface area contributed by atoms with Gasteiger partial charge in [-0.25, -0.2) is 4.39 Å². The van der Waals surface area contributed by atoms with Gasteiger partial charge in [0.25, 0.3) is 0 Å². The van der Waals surface area contributed by atoms with Crippen LogP contribution >= 0.6 is 0 Å². The average molecular weight is 158 g/mol. The predicted octanol–water partition coefficient (Wildman–Crippen LogP) is 1.13. The van der Waals surface area contributed by atoms with Crippen molar-refractivity contribution in [2.24, 2.45) is 0 Å². The summed E-state index contributed by atoms with van der Waals surface area (Å²) in [5.74, 6) is -1.02. The van der Waals surface area contributed by atoms with Crippen LogP contribution in [0.2, 0.25) is 0 Å². The fourth-order valence-corrected chi connectivity index (χ4v) is 0.654. The highest BCUT2D eigenvalue weighted by Gasteiger charge is 2.10. The lowest BCUT2D eigenvalue weighted by molar-refractivity contribution is -0.140. The van der Waals surface area contributed by atoms with Crippen molar-refractivity contribution >= 4 is 5.97 Å². The minimum Gasteiger partial charge on any atom is -0.469 e. The van der Waals surface area contributed by atoms with Gasteiger partial charge in [-0.3, -0.25) is 4.79 Å². The molecule has 0 N–H and O–H groups in total. The minimum absolute atomic E-state index is 0.0110. The highest BCUT2D eigenvalue weighted by atomic mass is 19.1. The first-order valence-corrected chi connectivity index (χ1v) is 3.02. The second kappa shape index (κ2) is 3.18. The number of halogens is 1. The zero-order valence-corrected chi connectivity index (χ0v) is 5.96. The molecule has 1 aromatic heterocycles. The molecule has 0 atom stereocenters. The largest absolute Gasteiger partial charge is 0.469 e. The zero-order chi connectivity index (χ0) is 8.27. The molecule has 0 bridgehead atoms. The third-order valence-electron chi connectivity index (χ3n) is 1.22. The van der Waals surface area contributed by atoms with E-state index in [4.69, 9.17) is 0 Å². The Morgan fingerprint density at radius 2 is 2.55 bits per heavy atom. The lowest BCUT2D eigenvalue weighted by Crippen LogP contribution is -2.04. The molecule has 0 aliphatic rings. The van der Waals surface area contributed by atoms with Crippen LogP contribution in [0.25, 0.3) is 0 Å². The molecular formula is C7H7FO3. The van der Waals surface area contributed by atoms with Crippen molar-refractivity contribution in [2.45, 2.75) is 6.42 Å². The van der Waals surface area contributed by atoms with Gasteiger partial charge >= 0.3 is 5.97 Å². The number of rotatable bonds is 2. The normalized spacial score (nSPS) is 9.64. The number of hydrogen-bond acceptors (Lipinski definition) is 3. The molecular weight excluding hydrogens is 151 g/mol. The number of methoxy groups -OCH3 is 1. The Morgan fingerprint density at radius 1 is 1.82 bits per heavy atom. The second-order valence-electron chi connectivity index (χ2n) is 1.94. The van der Waals surface area contributed by atoms with Gasteiger partial charge in [0, 0.05) is 6.07 Å². The van der Waals surface area contributed by atoms with Crippen molar-refractivity contribution in [1.82, 2.24) is 0 Å². The summed E-state index contributed by atoms with van der Waals surface area (Å²) in [6, 6.07) is 1.15. The van der Waals surface area contributed by atoms with E-state index in [-0.39, 0.29) is 12.2 Å². The van der Waals surface area contributed by atoms with Crippen molar-refractivity contribution in [3.8, 4) is 0 Å². The summed E-state index contributed by atoms with van der Waals surface area (Å²) >= 11 is 0. The summed E-state index contributed by atoms with van der Waals surface area (Å²) in [5.41, 5.74) is 0. The number of ether oxygens (including phenoxy) is 1. The third kappa shape index (κ3) is 1.80. The average Bonchev–Trinajstić information content (AvgIpc) is 2.37. The quantitative estimate of drug-likeness (QED) is 0.606. The summed E-state index contributed by atoms with van der Waals surface area (Å²) in [6.07, 6.45) is 1.03. The molecule has 0 aromatic carbocycles. The summed E-state index contributed by atoms with van der Waals surface area (Å²) in [6.45, 7) is 0. The van der Waals surface area contributed by atoms with E-state index < -0.39 is 11.8 Å². The van der Waals surface area contributed by atoms with E-state index in [1.807, 2.05) is 0 Å². The van der Waals surface area contributed by atoms with E-state index in [1.165, 1.54) is 13.4 Å². The van der Waals surface area contributed by atoms with E-state index in [9.17, 15) is 9.18 Å². The van der Waals surface area contributed by atoms with Crippen molar-refractivity contribution in [1.29, 1.82) is 0 Å². The molecule has 0 aliphatic carbocycles. The first kappa shape index (κ1) is 7.78. The Kier molecular flexibility index (Phi) is 2.25. The SMILES string of the molecule is COC(=O)Cc1occc1F. The fraction of sp³-hybridized carbons (Fsp3) is 0.286. The zero-order valence-electron chi connectivity index (χ0n) is 5.96. The van der Waals surface area contributed by atoms with Gasteiger partial charge in [0.1, 0.15) is 12.2 Å². The predicted molar refractivity (Wildman–Crippen MR) is 34.4 cm³/mol. The Labute approximate surface area is 62.8 Å². The monoisotopic (exact) mass is 158 g/mol. The van der Waals surface area contributed by atoms with Gasteiger partial charge in [-0.05, 0) is 0 Å². The molecule has 0 fully saturated rings. The molecule has 0 spiro atoms. The van der Waals surface area contributed by atoms with Crippen LogP contribution in [0.5, 0.6) is 0 Å². The van der Waals surface area contributed by atoms with Gasteiger partial charge in [-0.1, -0.05) is 0 Å². The van der Waals surface area contributed by atoms with Crippen molar-refractivity contribution in [3.63, 3.8) is 0 Å². The van der Waals surface area contributed by atoms with Crippen LogP contribution in [-0.2, 0) is 16.0 Å². The maximum Gasteiger partial charge on any atom is 0.313 e. The summed E-state index contributed by atoms with van der Waals surface area (Å²) < 4.78 is 21.5. The van der Waals surface area contributed by atoms with E-state index in [1.54, 1.807) is 0 Å². The maximum absolute atomic E-state index is 12.5. The lowest BCUT2D eigenvalue weighted by atomic mass is 10.3. The number of hydrogen-bond donors (Lipinski definition) is 0. The van der Waals surface area contributed by atoms with Gasteiger partial charge in [0.05, 0.1) is 13.4 Å². The van der Waals surface area contributed by atoms with E-state index >= 15 is 0 Å². The second-order valence-corrected chi connectivity index (χ2v) is 1.94. The Hall–Kier alpha value is -1.32. The molecule has 0 unspecified atom stereocenters. The first-order chi connectivity index (χ1) is 5.24. The van der Waals surface area contributed by atoms with Gasteiger partial charge in [-0.2, -0.15) is 0 Å². The van der Waals surface area contributed by atoms with Crippen LogP contribution in [0.15, 0.2) is 16.7 Å². The Morgan fingerprint density at radius 3 is 3.00 bits per heavy atom. The number of carbonyl (C=O) groups is 1. The highest BCUT2D eigenvalue weighted by Crippen LogP contribution is 2.08. The number of furan rings is 1. The first-order valence-electron chi connectivity index (χ1n) is 3.02. The summed E-state index contributed by atoms with van der Waals surface area (Å²) in [7, 11) is 1.24. The molecule has 60 valence electrons. The van der Waals surface area contributed by atoms with Crippen molar-refractivity contribution in [2.75, 3.05) is 7.11 Å². The van der Waals surface area contributed by atoms with Crippen LogP contribution in [0.1, 0.15) is 5.76 Å². The molecule has 11 heavy (non-hydrogen) atoms. The molecule has 0 aliphatic heterocycles. The molecule has 0 radical (unpaired) electrons. The van der Waals surface area contributed by atoms with Crippen molar-refractivity contribution < 1.29 is 18.3 Å². The molecule has 1 rings (SSSR count). The van der Waals surface area contributed by atoms with Gasteiger partial charge in [-0.15, -0.1) is 0 Å². The van der Waals surface area contributed by atoms with E-state index in [0.29, 0.717) is 0 Å². The standard InChI is InChI=1S/C7H7FO3/c1-10-7(9)4-6-5(8)2-3-11-6/h2-3H,4H2,1H3. The lowest BCUT2D eigenvalue weighted by Gasteiger charge is -1.94. The minimum atomic E-state index is -0.518. The smallest absolute Gasteiger partial charge is 0.313 e. The van der Waals surface area contributed by atoms with E-state index in [2.05, 4.69) is 9.15 Å². The topological polar surface area (TPSA) is 39.4 Å². The molecule has 0 saturated heterocycles. The summed E-state index contributed by atoms with van der Waals surface area (Å²) in [5, 5.41) is 0. The van der Waals surface area contributed by atoms with Crippen LogP contribution < -0.4 is 0 Å². The van der Waals surface area contributed by atoms with Gasteiger partial charge in [0.15, 0.2) is 5.82 Å². The van der Waals surface area contributed by atoms with Crippen LogP contribution in [-0.4, -0.2) is 13.1 Å².